The monoisotopic (exact) mass is 289 g/mol. The van der Waals surface area contributed by atoms with Crippen molar-refractivity contribution in [2.75, 3.05) is 27.2 Å². The highest BCUT2D eigenvalue weighted by Crippen LogP contribution is 2.10. The van der Waals surface area contributed by atoms with Gasteiger partial charge in [0.1, 0.15) is 0 Å². The largest absolute Gasteiger partial charge is 0.388 e. The van der Waals surface area contributed by atoms with Crippen LogP contribution in [0, 0.1) is 0 Å². The fourth-order valence-corrected chi connectivity index (χ4v) is 2.53. The molecule has 0 aliphatic heterocycles. The minimum absolute atomic E-state index is 0.0894. The van der Waals surface area contributed by atoms with E-state index in [1.807, 2.05) is 49.3 Å². The van der Waals surface area contributed by atoms with Crippen molar-refractivity contribution < 1.29 is 5.11 Å². The smallest absolute Gasteiger partial charge is 0.252 e. The Balaban J connectivity index is 2.04. The minimum atomic E-state index is -0.826. The Kier molecular flexibility index (Phi) is 4.77. The van der Waals surface area contributed by atoms with E-state index in [0.29, 0.717) is 25.2 Å². The van der Waals surface area contributed by atoms with E-state index in [1.165, 1.54) is 0 Å². The highest BCUT2D eigenvalue weighted by molar-refractivity contribution is 5.78. The molecule has 2 aromatic rings. The number of likely N-dealkylation sites (N-methyl/N-ethyl adjacent to an activating group) is 1. The topological polar surface area (TPSA) is 68.4 Å². The van der Waals surface area contributed by atoms with Crippen molar-refractivity contribution in [3.8, 4) is 0 Å². The lowest BCUT2D eigenvalue weighted by molar-refractivity contribution is 0.0336. The predicted octanol–water partition coefficient (Wildman–Crippen LogP) is 0.930. The minimum Gasteiger partial charge on any atom is -0.388 e. The Morgan fingerprint density at radius 3 is 2.76 bits per heavy atom. The number of benzene rings is 1. The average molecular weight is 289 g/mol. The van der Waals surface area contributed by atoms with Crippen molar-refractivity contribution >= 4 is 10.9 Å². The van der Waals surface area contributed by atoms with Crippen LogP contribution in [-0.2, 0) is 6.54 Å². The number of fused-ring (bicyclic) bond motifs is 1. The molecule has 1 heterocycles. The molecule has 1 unspecified atom stereocenters. The average Bonchev–Trinajstić information content (AvgIpc) is 2.37. The molecule has 0 bridgehead atoms. The van der Waals surface area contributed by atoms with E-state index in [-0.39, 0.29) is 5.56 Å². The zero-order valence-electron chi connectivity index (χ0n) is 12.8. The van der Waals surface area contributed by atoms with Crippen LogP contribution in [0.1, 0.15) is 12.5 Å². The number of aromatic nitrogens is 1. The number of H-pyrrole nitrogens is 1. The van der Waals surface area contributed by atoms with E-state index in [2.05, 4.69) is 10.3 Å². The highest BCUT2D eigenvalue weighted by Gasteiger charge is 2.20. The Labute approximate surface area is 124 Å². The molecule has 1 aromatic carbocycles. The maximum Gasteiger partial charge on any atom is 0.252 e. The van der Waals surface area contributed by atoms with Crippen molar-refractivity contribution in [2.24, 2.45) is 0 Å². The summed E-state index contributed by atoms with van der Waals surface area (Å²) in [4.78, 5) is 16.8. The summed E-state index contributed by atoms with van der Waals surface area (Å²) < 4.78 is 0. The lowest BCUT2D eigenvalue weighted by atomic mass is 10.1. The van der Waals surface area contributed by atoms with Crippen molar-refractivity contribution in [1.29, 1.82) is 0 Å². The second-order valence-electron chi connectivity index (χ2n) is 6.05. The second kappa shape index (κ2) is 6.39. The SMILES string of the molecule is CN(C)CC(C)(O)CNCc1cc2ccccc2[nH]c1=O. The third-order valence-electron chi connectivity index (χ3n) is 3.31. The quantitative estimate of drug-likeness (QED) is 0.740. The summed E-state index contributed by atoms with van der Waals surface area (Å²) in [5, 5.41) is 14.4. The first-order valence-electron chi connectivity index (χ1n) is 7.06. The van der Waals surface area contributed by atoms with Crippen LogP contribution in [0.2, 0.25) is 0 Å². The lowest BCUT2D eigenvalue weighted by Crippen LogP contribution is -2.45. The summed E-state index contributed by atoms with van der Waals surface area (Å²) >= 11 is 0. The van der Waals surface area contributed by atoms with Gasteiger partial charge in [0.2, 0.25) is 0 Å². The zero-order valence-corrected chi connectivity index (χ0v) is 12.8. The van der Waals surface area contributed by atoms with Crippen LogP contribution >= 0.6 is 0 Å². The Bertz CT molecular complexity index is 662. The molecule has 0 amide bonds. The molecule has 21 heavy (non-hydrogen) atoms. The normalized spacial score (nSPS) is 14.5. The zero-order chi connectivity index (χ0) is 15.5. The van der Waals surface area contributed by atoms with E-state index in [4.69, 9.17) is 0 Å². The predicted molar refractivity (Wildman–Crippen MR) is 85.5 cm³/mol. The first-order valence-corrected chi connectivity index (χ1v) is 7.06. The van der Waals surface area contributed by atoms with Crippen molar-refractivity contribution in [1.82, 2.24) is 15.2 Å². The maximum absolute atomic E-state index is 12.0. The molecular weight excluding hydrogens is 266 g/mol. The van der Waals surface area contributed by atoms with Gasteiger partial charge in [-0.1, -0.05) is 18.2 Å². The van der Waals surface area contributed by atoms with Crippen molar-refractivity contribution in [2.45, 2.75) is 19.1 Å². The molecule has 0 saturated carbocycles. The molecule has 0 radical (unpaired) electrons. The Morgan fingerprint density at radius 1 is 1.33 bits per heavy atom. The van der Waals surface area contributed by atoms with Crippen LogP contribution in [0.3, 0.4) is 0 Å². The molecule has 5 nitrogen and oxygen atoms in total. The van der Waals surface area contributed by atoms with E-state index < -0.39 is 5.60 Å². The number of nitrogens with one attached hydrogen (secondary N) is 2. The first-order chi connectivity index (χ1) is 9.87. The van der Waals surface area contributed by atoms with Crippen LogP contribution < -0.4 is 10.9 Å². The van der Waals surface area contributed by atoms with E-state index in [1.54, 1.807) is 6.92 Å². The summed E-state index contributed by atoms with van der Waals surface area (Å²) in [6.07, 6.45) is 0. The second-order valence-corrected chi connectivity index (χ2v) is 6.05. The van der Waals surface area contributed by atoms with Crippen LogP contribution in [0.4, 0.5) is 0 Å². The molecule has 0 spiro atoms. The number of para-hydroxylation sites is 1. The third-order valence-corrected chi connectivity index (χ3v) is 3.31. The maximum atomic E-state index is 12.0. The molecular formula is C16H23N3O2. The number of hydrogen-bond donors (Lipinski definition) is 3. The number of aromatic amines is 1. The molecule has 0 saturated heterocycles. The van der Waals surface area contributed by atoms with E-state index in [9.17, 15) is 9.90 Å². The number of pyridine rings is 1. The standard InChI is InChI=1S/C16H23N3O2/c1-16(21,11-19(2)3)10-17-9-13-8-12-6-4-5-7-14(12)18-15(13)20/h4-8,17,21H,9-11H2,1-3H3,(H,18,20). The van der Waals surface area contributed by atoms with Gasteiger partial charge < -0.3 is 20.3 Å². The first kappa shape index (κ1) is 15.7. The van der Waals surface area contributed by atoms with Crippen LogP contribution in [0.15, 0.2) is 35.1 Å². The lowest BCUT2D eigenvalue weighted by Gasteiger charge is -2.27. The molecule has 0 aliphatic carbocycles. The molecule has 1 aromatic heterocycles. The molecule has 2 rings (SSSR count). The number of hydrogen-bond acceptors (Lipinski definition) is 4. The number of nitrogens with zero attached hydrogens (tertiary/aromatic N) is 1. The molecule has 1 atom stereocenters. The van der Waals surface area contributed by atoms with Crippen molar-refractivity contribution in [3.63, 3.8) is 0 Å². The van der Waals surface area contributed by atoms with Gasteiger partial charge in [-0.25, -0.2) is 0 Å². The third kappa shape index (κ3) is 4.39. The van der Waals surface area contributed by atoms with Gasteiger partial charge in [0.05, 0.1) is 5.60 Å². The van der Waals surface area contributed by atoms with Crippen molar-refractivity contribution in [3.05, 3.63) is 46.2 Å². The van der Waals surface area contributed by atoms with E-state index >= 15 is 0 Å². The van der Waals surface area contributed by atoms with Gasteiger partial charge in [0, 0.05) is 30.7 Å². The van der Waals surface area contributed by atoms with Crippen LogP contribution in [0.5, 0.6) is 0 Å². The summed E-state index contributed by atoms with van der Waals surface area (Å²) in [5.74, 6) is 0. The molecule has 5 heteroatoms. The molecule has 114 valence electrons. The van der Waals surface area contributed by atoms with Gasteiger partial charge in [-0.15, -0.1) is 0 Å². The summed E-state index contributed by atoms with van der Waals surface area (Å²) in [6.45, 7) is 3.21. The highest BCUT2D eigenvalue weighted by atomic mass is 16.3. The van der Waals surface area contributed by atoms with Gasteiger partial charge in [0.15, 0.2) is 0 Å². The summed E-state index contributed by atoms with van der Waals surface area (Å²) in [6, 6.07) is 9.59. The van der Waals surface area contributed by atoms with Crippen LogP contribution in [0.25, 0.3) is 10.9 Å². The Morgan fingerprint density at radius 2 is 2.05 bits per heavy atom. The van der Waals surface area contributed by atoms with E-state index in [0.717, 1.165) is 10.9 Å². The van der Waals surface area contributed by atoms with Gasteiger partial charge in [-0.2, -0.15) is 0 Å². The molecule has 3 N–H and O–H groups in total. The molecule has 0 fully saturated rings. The van der Waals surface area contributed by atoms with Crippen LogP contribution in [-0.4, -0.2) is 47.8 Å². The number of rotatable bonds is 6. The summed E-state index contributed by atoms with van der Waals surface area (Å²) in [7, 11) is 3.84. The van der Waals surface area contributed by atoms with Gasteiger partial charge >= 0.3 is 0 Å². The fraction of sp³-hybridized carbons (Fsp3) is 0.438. The summed E-state index contributed by atoms with van der Waals surface area (Å²) in [5.41, 5.74) is 0.598. The fourth-order valence-electron chi connectivity index (χ4n) is 2.53. The Hall–Kier alpha value is -1.69. The van der Waals surface area contributed by atoms with Gasteiger partial charge in [-0.3, -0.25) is 4.79 Å². The molecule has 0 aliphatic rings. The number of aliphatic hydroxyl groups is 1. The van der Waals surface area contributed by atoms with Gasteiger partial charge in [-0.05, 0) is 38.5 Å². The van der Waals surface area contributed by atoms with Gasteiger partial charge in [0.25, 0.3) is 5.56 Å².